The molecular formula is C21H26N4O2S. The molecule has 7 heteroatoms. The van der Waals surface area contributed by atoms with E-state index < -0.39 is 0 Å². The van der Waals surface area contributed by atoms with Gasteiger partial charge in [0.15, 0.2) is 0 Å². The quantitative estimate of drug-likeness (QED) is 0.561. The first-order chi connectivity index (χ1) is 13.7. The summed E-state index contributed by atoms with van der Waals surface area (Å²) in [7, 11) is 0. The van der Waals surface area contributed by atoms with E-state index in [1.54, 1.807) is 11.3 Å². The van der Waals surface area contributed by atoms with Gasteiger partial charge in [-0.2, -0.15) is 11.3 Å². The number of thiophene rings is 1. The van der Waals surface area contributed by atoms with Crippen LogP contribution in [0, 0.1) is 0 Å². The van der Waals surface area contributed by atoms with E-state index in [1.165, 1.54) is 5.56 Å². The Morgan fingerprint density at radius 3 is 2.54 bits per heavy atom. The maximum absolute atomic E-state index is 12.1. The zero-order chi connectivity index (χ0) is 19.8. The Labute approximate surface area is 169 Å². The summed E-state index contributed by atoms with van der Waals surface area (Å²) < 4.78 is 5.60. The van der Waals surface area contributed by atoms with Crippen LogP contribution >= 0.6 is 11.3 Å². The normalized spacial score (nSPS) is 11.1. The smallest absolute Gasteiger partial charge is 0.248 e. The predicted octanol–water partition coefficient (Wildman–Crippen LogP) is 3.89. The molecule has 1 amide bonds. The fourth-order valence-corrected chi connectivity index (χ4v) is 3.46. The van der Waals surface area contributed by atoms with E-state index >= 15 is 0 Å². The molecule has 0 aliphatic rings. The number of hydrogen-bond acceptors (Lipinski definition) is 6. The zero-order valence-corrected chi connectivity index (χ0v) is 17.2. The molecule has 0 spiro atoms. The van der Waals surface area contributed by atoms with Crippen LogP contribution in [0.25, 0.3) is 11.5 Å². The van der Waals surface area contributed by atoms with Gasteiger partial charge in [0.25, 0.3) is 0 Å². The Kier molecular flexibility index (Phi) is 7.33. The lowest BCUT2D eigenvalue weighted by Gasteiger charge is -2.18. The molecule has 2 heterocycles. The lowest BCUT2D eigenvalue weighted by molar-refractivity contribution is -0.121. The molecule has 0 atom stereocenters. The monoisotopic (exact) mass is 398 g/mol. The van der Waals surface area contributed by atoms with Gasteiger partial charge in [-0.05, 0) is 35.7 Å². The van der Waals surface area contributed by atoms with Crippen LogP contribution in [-0.4, -0.2) is 34.1 Å². The number of aryl methyl sites for hydroxylation is 1. The van der Waals surface area contributed by atoms with Gasteiger partial charge in [-0.25, -0.2) is 0 Å². The Bertz CT molecular complexity index is 855. The number of carbonyl (C=O) groups is 1. The number of amides is 1. The number of rotatable bonds is 10. The van der Waals surface area contributed by atoms with Crippen molar-refractivity contribution < 1.29 is 9.21 Å². The molecular weight excluding hydrogens is 372 g/mol. The highest BCUT2D eigenvalue weighted by atomic mass is 32.1. The van der Waals surface area contributed by atoms with Gasteiger partial charge < -0.3 is 9.73 Å². The van der Waals surface area contributed by atoms with Gasteiger partial charge in [0.05, 0.1) is 0 Å². The van der Waals surface area contributed by atoms with Crippen molar-refractivity contribution in [3.63, 3.8) is 0 Å². The van der Waals surface area contributed by atoms with Gasteiger partial charge in [0.2, 0.25) is 17.7 Å². The Balaban J connectivity index is 1.42. The highest BCUT2D eigenvalue weighted by molar-refractivity contribution is 7.08. The largest absolute Gasteiger partial charge is 0.421 e. The lowest BCUT2D eigenvalue weighted by Crippen LogP contribution is -2.23. The topological polar surface area (TPSA) is 71.3 Å². The lowest BCUT2D eigenvalue weighted by atomic mass is 10.1. The Morgan fingerprint density at radius 2 is 1.86 bits per heavy atom. The summed E-state index contributed by atoms with van der Waals surface area (Å²) in [6, 6.07) is 10.3. The number of nitrogens with zero attached hydrogens (tertiary/aromatic N) is 3. The van der Waals surface area contributed by atoms with Crippen LogP contribution in [0.5, 0.6) is 0 Å². The van der Waals surface area contributed by atoms with E-state index in [0.29, 0.717) is 31.2 Å². The van der Waals surface area contributed by atoms with Crippen molar-refractivity contribution in [1.29, 1.82) is 0 Å². The van der Waals surface area contributed by atoms with Crippen molar-refractivity contribution in [3.8, 4) is 11.5 Å². The van der Waals surface area contributed by atoms with Gasteiger partial charge in [-0.1, -0.05) is 38.1 Å². The van der Waals surface area contributed by atoms with E-state index in [0.717, 1.165) is 30.8 Å². The molecule has 0 fully saturated rings. The van der Waals surface area contributed by atoms with E-state index in [4.69, 9.17) is 4.42 Å². The summed E-state index contributed by atoms with van der Waals surface area (Å²) in [4.78, 5) is 14.5. The SMILES string of the molecule is CCN(CC)Cc1ccc(CNC(=O)CCc2nnc(-c3ccsc3)o2)cc1. The van der Waals surface area contributed by atoms with E-state index in [-0.39, 0.29) is 5.91 Å². The first kappa shape index (κ1) is 20.2. The average molecular weight is 399 g/mol. The average Bonchev–Trinajstić information content (AvgIpc) is 3.41. The van der Waals surface area contributed by atoms with Crippen molar-refractivity contribution in [1.82, 2.24) is 20.4 Å². The fraction of sp³-hybridized carbons (Fsp3) is 0.381. The summed E-state index contributed by atoms with van der Waals surface area (Å²) in [6.45, 7) is 7.91. The van der Waals surface area contributed by atoms with E-state index in [1.807, 2.05) is 16.8 Å². The van der Waals surface area contributed by atoms with Crippen molar-refractivity contribution in [2.45, 2.75) is 39.8 Å². The van der Waals surface area contributed by atoms with Crippen LogP contribution in [-0.2, 0) is 24.3 Å². The second-order valence-corrected chi connectivity index (χ2v) is 7.35. The maximum Gasteiger partial charge on any atom is 0.248 e. The molecule has 148 valence electrons. The van der Waals surface area contributed by atoms with Crippen LogP contribution in [0.15, 0.2) is 45.5 Å². The maximum atomic E-state index is 12.1. The molecule has 1 aromatic carbocycles. The zero-order valence-electron chi connectivity index (χ0n) is 16.4. The number of hydrogen-bond donors (Lipinski definition) is 1. The molecule has 28 heavy (non-hydrogen) atoms. The van der Waals surface area contributed by atoms with Gasteiger partial charge in [-0.3, -0.25) is 9.69 Å². The van der Waals surface area contributed by atoms with Gasteiger partial charge in [0.1, 0.15) is 0 Å². The molecule has 0 unspecified atom stereocenters. The number of carbonyl (C=O) groups excluding carboxylic acids is 1. The molecule has 0 bridgehead atoms. The molecule has 1 N–H and O–H groups in total. The van der Waals surface area contributed by atoms with Gasteiger partial charge >= 0.3 is 0 Å². The van der Waals surface area contributed by atoms with Gasteiger partial charge in [0, 0.05) is 36.9 Å². The van der Waals surface area contributed by atoms with E-state index in [9.17, 15) is 4.79 Å². The van der Waals surface area contributed by atoms with Crippen LogP contribution in [0.4, 0.5) is 0 Å². The molecule has 0 aliphatic heterocycles. The van der Waals surface area contributed by atoms with Crippen molar-refractivity contribution in [3.05, 3.63) is 58.1 Å². The number of aromatic nitrogens is 2. The van der Waals surface area contributed by atoms with Crippen LogP contribution in [0.1, 0.15) is 37.3 Å². The number of benzene rings is 1. The molecule has 2 aromatic heterocycles. The summed E-state index contributed by atoms with van der Waals surface area (Å²) in [5.74, 6) is 0.959. The first-order valence-electron chi connectivity index (χ1n) is 9.59. The van der Waals surface area contributed by atoms with E-state index in [2.05, 4.69) is 58.5 Å². The number of nitrogens with one attached hydrogen (secondary N) is 1. The van der Waals surface area contributed by atoms with Crippen LogP contribution < -0.4 is 5.32 Å². The van der Waals surface area contributed by atoms with Gasteiger partial charge in [-0.15, -0.1) is 10.2 Å². The third-order valence-corrected chi connectivity index (χ3v) is 5.30. The summed E-state index contributed by atoms with van der Waals surface area (Å²) in [5, 5.41) is 14.9. The predicted molar refractivity (Wildman–Crippen MR) is 111 cm³/mol. The minimum Gasteiger partial charge on any atom is -0.421 e. The first-order valence-corrected chi connectivity index (χ1v) is 10.5. The molecule has 0 radical (unpaired) electrons. The fourth-order valence-electron chi connectivity index (χ4n) is 2.83. The molecule has 3 rings (SSSR count). The van der Waals surface area contributed by atoms with Crippen LogP contribution in [0.3, 0.4) is 0 Å². The van der Waals surface area contributed by atoms with Crippen molar-refractivity contribution >= 4 is 17.2 Å². The van der Waals surface area contributed by atoms with Crippen molar-refractivity contribution in [2.75, 3.05) is 13.1 Å². The summed E-state index contributed by atoms with van der Waals surface area (Å²) in [6.07, 6.45) is 0.761. The third kappa shape index (κ3) is 5.74. The minimum absolute atomic E-state index is 0.0255. The summed E-state index contributed by atoms with van der Waals surface area (Å²) >= 11 is 1.58. The molecule has 6 nitrogen and oxygen atoms in total. The third-order valence-electron chi connectivity index (χ3n) is 4.61. The standard InChI is InChI=1S/C21H26N4O2S/c1-3-25(4-2)14-17-7-5-16(6-8-17)13-22-19(26)9-10-20-23-24-21(27-20)18-11-12-28-15-18/h5-8,11-12,15H,3-4,9-10,13-14H2,1-2H3,(H,22,26). The Hall–Kier alpha value is -2.51. The molecule has 3 aromatic rings. The highest BCUT2D eigenvalue weighted by Gasteiger charge is 2.11. The Morgan fingerprint density at radius 1 is 1.11 bits per heavy atom. The van der Waals surface area contributed by atoms with Crippen molar-refractivity contribution in [2.24, 2.45) is 0 Å². The van der Waals surface area contributed by atoms with Crippen LogP contribution in [0.2, 0.25) is 0 Å². The highest BCUT2D eigenvalue weighted by Crippen LogP contribution is 2.20. The summed E-state index contributed by atoms with van der Waals surface area (Å²) in [5.41, 5.74) is 3.29. The molecule has 0 saturated carbocycles. The minimum atomic E-state index is -0.0255. The second-order valence-electron chi connectivity index (χ2n) is 6.57. The molecule has 0 aliphatic carbocycles. The molecule has 0 saturated heterocycles. The second kappa shape index (κ2) is 10.1.